The van der Waals surface area contributed by atoms with Crippen molar-refractivity contribution < 1.29 is 15.0 Å². The summed E-state index contributed by atoms with van der Waals surface area (Å²) in [7, 11) is 0. The van der Waals surface area contributed by atoms with Crippen molar-refractivity contribution in [2.45, 2.75) is 0 Å². The highest BCUT2D eigenvalue weighted by Crippen LogP contribution is 2.24. The van der Waals surface area contributed by atoms with Crippen LogP contribution in [0.4, 0.5) is 0 Å². The fourth-order valence-corrected chi connectivity index (χ4v) is 0.954. The summed E-state index contributed by atoms with van der Waals surface area (Å²) in [6.45, 7) is 0. The lowest BCUT2D eigenvalue weighted by Crippen LogP contribution is -2.38. The Kier molecular flexibility index (Phi) is 3.75. The Bertz CT molecular complexity index is 409. The van der Waals surface area contributed by atoms with E-state index in [-0.39, 0.29) is 21.4 Å². The van der Waals surface area contributed by atoms with Gasteiger partial charge in [0.1, 0.15) is 4.32 Å². The van der Waals surface area contributed by atoms with E-state index in [1.165, 1.54) is 12.1 Å². The third-order valence-corrected chi connectivity index (χ3v) is 1.73. The fourth-order valence-electron chi connectivity index (χ4n) is 0.847. The monoisotopic (exact) mass is 244 g/mol. The number of benzene rings is 1. The summed E-state index contributed by atoms with van der Waals surface area (Å²) >= 11 is 8.30. The van der Waals surface area contributed by atoms with Crippen molar-refractivity contribution in [2.75, 3.05) is 0 Å². The molecule has 0 aromatic heterocycles. The topological polar surface area (TPSA) is 81.6 Å². The van der Waals surface area contributed by atoms with Crippen LogP contribution >= 0.6 is 24.8 Å². The molecular formula is C8H8N2O3S2. The molecule has 0 aliphatic carbocycles. The number of carbonyl (C=O) groups excluding carboxylic acids is 1. The zero-order valence-electron chi connectivity index (χ0n) is 7.39. The maximum atomic E-state index is 11.4. The van der Waals surface area contributed by atoms with Crippen molar-refractivity contribution >= 4 is 35.1 Å². The van der Waals surface area contributed by atoms with Gasteiger partial charge in [-0.15, -0.1) is 12.6 Å². The molecule has 5 nitrogen and oxygen atoms in total. The molecule has 1 amide bonds. The number of hydrogen-bond acceptors (Lipinski definition) is 4. The number of carbonyl (C=O) groups is 1. The Hall–Kier alpha value is -1.47. The van der Waals surface area contributed by atoms with E-state index in [1.54, 1.807) is 0 Å². The molecule has 1 rings (SSSR count). The smallest absolute Gasteiger partial charge is 0.269 e. The number of phenols is 2. The number of nitrogens with one attached hydrogen (secondary N) is 2. The van der Waals surface area contributed by atoms with Crippen LogP contribution in [0.5, 0.6) is 11.5 Å². The number of phenolic OH excluding ortho intramolecular Hbond substituents is 2. The molecule has 0 radical (unpaired) electrons. The normalized spacial score (nSPS) is 9.40. The van der Waals surface area contributed by atoms with E-state index in [9.17, 15) is 4.79 Å². The van der Waals surface area contributed by atoms with Crippen LogP contribution < -0.4 is 10.9 Å². The van der Waals surface area contributed by atoms with Gasteiger partial charge in [-0.3, -0.25) is 15.6 Å². The van der Waals surface area contributed by atoms with E-state index in [2.05, 4.69) is 35.7 Å². The minimum atomic E-state index is -0.498. The molecule has 1 aromatic rings. The Morgan fingerprint density at radius 2 is 1.93 bits per heavy atom. The predicted molar refractivity (Wildman–Crippen MR) is 62.0 cm³/mol. The minimum absolute atomic E-state index is 0.117. The van der Waals surface area contributed by atoms with E-state index >= 15 is 0 Å². The SMILES string of the molecule is O=C(NNC(=S)S)c1ccc(O)c(O)c1. The zero-order valence-corrected chi connectivity index (χ0v) is 9.10. The molecule has 4 N–H and O–H groups in total. The summed E-state index contributed by atoms with van der Waals surface area (Å²) < 4.78 is 0.117. The summed E-state index contributed by atoms with van der Waals surface area (Å²) in [5, 5.41) is 18.1. The number of thiocarbonyl (C=S) groups is 1. The molecule has 0 fully saturated rings. The molecule has 1 aromatic carbocycles. The van der Waals surface area contributed by atoms with Crippen molar-refractivity contribution in [2.24, 2.45) is 0 Å². The number of hydrogen-bond donors (Lipinski definition) is 5. The highest BCUT2D eigenvalue weighted by Gasteiger charge is 2.07. The van der Waals surface area contributed by atoms with Crippen molar-refractivity contribution in [1.82, 2.24) is 10.9 Å². The first-order valence-corrected chi connectivity index (χ1v) is 4.67. The Morgan fingerprint density at radius 3 is 2.47 bits per heavy atom. The lowest BCUT2D eigenvalue weighted by Gasteiger charge is -2.06. The second-order valence-electron chi connectivity index (χ2n) is 2.59. The summed E-state index contributed by atoms with van der Waals surface area (Å²) in [4.78, 5) is 11.4. The maximum Gasteiger partial charge on any atom is 0.269 e. The molecule has 0 aliphatic rings. The number of rotatable bonds is 1. The molecule has 0 atom stereocenters. The van der Waals surface area contributed by atoms with Gasteiger partial charge in [-0.2, -0.15) is 0 Å². The molecule has 0 saturated carbocycles. The van der Waals surface area contributed by atoms with Crippen LogP contribution in [0.1, 0.15) is 10.4 Å². The standard InChI is InChI=1S/C8H8N2O3S2/c11-5-2-1-4(3-6(5)12)7(13)9-10-8(14)15/h1-3,11-12H,(H,9,13)(H2,10,14,15). The highest BCUT2D eigenvalue weighted by molar-refractivity contribution is 8.11. The number of thiol groups is 1. The van der Waals surface area contributed by atoms with Crippen LogP contribution in [0.15, 0.2) is 18.2 Å². The van der Waals surface area contributed by atoms with Gasteiger partial charge in [-0.1, -0.05) is 12.2 Å². The van der Waals surface area contributed by atoms with Gasteiger partial charge in [-0.05, 0) is 18.2 Å². The molecule has 15 heavy (non-hydrogen) atoms. The predicted octanol–water partition coefficient (Wildman–Crippen LogP) is 0.547. The molecule has 7 heteroatoms. The van der Waals surface area contributed by atoms with Gasteiger partial charge in [0, 0.05) is 5.56 Å². The van der Waals surface area contributed by atoms with E-state index in [4.69, 9.17) is 10.2 Å². The van der Waals surface area contributed by atoms with E-state index < -0.39 is 5.91 Å². The Balaban J connectivity index is 2.74. The third kappa shape index (κ3) is 3.30. The van der Waals surface area contributed by atoms with Crippen LogP contribution in [-0.2, 0) is 0 Å². The molecule has 0 heterocycles. The van der Waals surface area contributed by atoms with Gasteiger partial charge in [0.15, 0.2) is 11.5 Å². The number of amides is 1. The summed E-state index contributed by atoms with van der Waals surface area (Å²) in [5.41, 5.74) is 4.76. The number of hydrazine groups is 1. The zero-order chi connectivity index (χ0) is 11.4. The maximum absolute atomic E-state index is 11.4. The van der Waals surface area contributed by atoms with Gasteiger partial charge in [0.05, 0.1) is 0 Å². The molecule has 0 saturated heterocycles. The molecule has 0 aliphatic heterocycles. The molecule has 0 spiro atoms. The molecule has 0 unspecified atom stereocenters. The first-order chi connectivity index (χ1) is 7.00. The van der Waals surface area contributed by atoms with Crippen molar-refractivity contribution in [1.29, 1.82) is 0 Å². The first-order valence-electron chi connectivity index (χ1n) is 3.82. The second kappa shape index (κ2) is 4.85. The summed E-state index contributed by atoms with van der Waals surface area (Å²) in [5.74, 6) is -1.15. The van der Waals surface area contributed by atoms with Crippen LogP contribution in [0, 0.1) is 0 Å². The average Bonchev–Trinajstić information content (AvgIpc) is 2.18. The van der Waals surface area contributed by atoms with Crippen molar-refractivity contribution in [3.8, 4) is 11.5 Å². The lowest BCUT2D eigenvalue weighted by molar-refractivity contribution is 0.0944. The van der Waals surface area contributed by atoms with Crippen molar-refractivity contribution in [3.63, 3.8) is 0 Å². The molecule has 80 valence electrons. The highest BCUT2D eigenvalue weighted by atomic mass is 32.1. The van der Waals surface area contributed by atoms with Gasteiger partial charge >= 0.3 is 0 Å². The molecular weight excluding hydrogens is 236 g/mol. The van der Waals surface area contributed by atoms with Gasteiger partial charge in [0.25, 0.3) is 5.91 Å². The van der Waals surface area contributed by atoms with Gasteiger partial charge < -0.3 is 10.2 Å². The van der Waals surface area contributed by atoms with Gasteiger partial charge in [-0.25, -0.2) is 0 Å². The summed E-state index contributed by atoms with van der Waals surface area (Å²) in [6.07, 6.45) is 0. The third-order valence-electron chi connectivity index (χ3n) is 1.52. The van der Waals surface area contributed by atoms with Crippen LogP contribution in [0.25, 0.3) is 0 Å². The van der Waals surface area contributed by atoms with E-state index in [0.717, 1.165) is 6.07 Å². The molecule has 0 bridgehead atoms. The second-order valence-corrected chi connectivity index (χ2v) is 3.75. The van der Waals surface area contributed by atoms with Crippen molar-refractivity contribution in [3.05, 3.63) is 23.8 Å². The quantitative estimate of drug-likeness (QED) is 0.216. The van der Waals surface area contributed by atoms with Gasteiger partial charge in [0.2, 0.25) is 0 Å². The van der Waals surface area contributed by atoms with Crippen LogP contribution in [-0.4, -0.2) is 20.4 Å². The lowest BCUT2D eigenvalue weighted by atomic mass is 10.2. The minimum Gasteiger partial charge on any atom is -0.504 e. The van der Waals surface area contributed by atoms with Crippen LogP contribution in [0.2, 0.25) is 0 Å². The van der Waals surface area contributed by atoms with E-state index in [1.807, 2.05) is 0 Å². The average molecular weight is 244 g/mol. The van der Waals surface area contributed by atoms with Crippen LogP contribution in [0.3, 0.4) is 0 Å². The summed E-state index contributed by atoms with van der Waals surface area (Å²) in [6, 6.07) is 3.70. The largest absolute Gasteiger partial charge is 0.504 e. The fraction of sp³-hybridized carbons (Fsp3) is 0. The Labute approximate surface area is 96.5 Å². The van der Waals surface area contributed by atoms with E-state index in [0.29, 0.717) is 0 Å². The Morgan fingerprint density at radius 1 is 1.27 bits per heavy atom. The first kappa shape index (κ1) is 11.6. The number of aromatic hydroxyl groups is 2.